The molecule has 1 aliphatic heterocycles. The van der Waals surface area contributed by atoms with Crippen molar-refractivity contribution in [2.45, 2.75) is 57.0 Å². The number of pyridine rings is 1. The van der Waals surface area contributed by atoms with Crippen molar-refractivity contribution in [2.75, 3.05) is 26.2 Å². The van der Waals surface area contributed by atoms with Gasteiger partial charge in [-0.2, -0.15) is 5.10 Å². The third-order valence-electron chi connectivity index (χ3n) is 8.42. The zero-order valence-electron chi connectivity index (χ0n) is 18.6. The smallest absolute Gasteiger partial charge is 0.223 e. The summed E-state index contributed by atoms with van der Waals surface area (Å²) >= 11 is 0. The standard InChI is InChI=1S/C24H32N6O.ClH/c31-22(29-7-5-28(6-8-29)15-21-3-1-2-4-26-21)14-23-10-19-9-20(11-23)13-24(12-19,16-23)30-18-25-17-27-30;/h1-4,17-20H,5-16H2;1H. The number of halogens is 1. The molecule has 7 rings (SSSR count). The van der Waals surface area contributed by atoms with Crippen LogP contribution in [0.25, 0.3) is 0 Å². The highest BCUT2D eigenvalue weighted by molar-refractivity contribution is 5.85. The number of carbonyl (C=O) groups is 1. The van der Waals surface area contributed by atoms with Crippen LogP contribution in [0, 0.1) is 17.3 Å². The number of rotatable bonds is 5. The number of hydrogen-bond donors (Lipinski definition) is 0. The van der Waals surface area contributed by atoms with Crippen molar-refractivity contribution in [2.24, 2.45) is 17.3 Å². The fourth-order valence-corrected chi connectivity index (χ4v) is 7.64. The Kier molecular flexibility index (Phi) is 5.74. The summed E-state index contributed by atoms with van der Waals surface area (Å²) in [6, 6.07) is 6.08. The normalized spacial score (nSPS) is 33.8. The van der Waals surface area contributed by atoms with Crippen LogP contribution < -0.4 is 0 Å². The number of nitrogens with zero attached hydrogens (tertiary/aromatic N) is 6. The second kappa shape index (κ2) is 8.41. The largest absolute Gasteiger partial charge is 0.340 e. The summed E-state index contributed by atoms with van der Waals surface area (Å²) < 4.78 is 2.14. The Labute approximate surface area is 196 Å². The fraction of sp³-hybridized carbons (Fsp3) is 0.667. The summed E-state index contributed by atoms with van der Waals surface area (Å²) in [4.78, 5) is 26.6. The quantitative estimate of drug-likeness (QED) is 0.691. The molecule has 4 bridgehead atoms. The highest BCUT2D eigenvalue weighted by Gasteiger charge is 2.59. The third-order valence-corrected chi connectivity index (χ3v) is 8.42. The van der Waals surface area contributed by atoms with Gasteiger partial charge in [0.05, 0.1) is 11.2 Å². The summed E-state index contributed by atoms with van der Waals surface area (Å²) in [5.74, 6) is 1.86. The maximum atomic E-state index is 13.4. The summed E-state index contributed by atoms with van der Waals surface area (Å²) in [6.07, 6.45) is 13.5. The Hall–Kier alpha value is -1.99. The number of hydrogen-bond acceptors (Lipinski definition) is 5. The predicted octanol–water partition coefficient (Wildman–Crippen LogP) is 3.12. The van der Waals surface area contributed by atoms with E-state index < -0.39 is 0 Å². The van der Waals surface area contributed by atoms with Crippen molar-refractivity contribution < 1.29 is 4.79 Å². The van der Waals surface area contributed by atoms with Gasteiger partial charge in [0.1, 0.15) is 12.7 Å². The molecule has 4 saturated carbocycles. The minimum atomic E-state index is 0. The van der Waals surface area contributed by atoms with Crippen molar-refractivity contribution in [3.05, 3.63) is 42.7 Å². The first-order chi connectivity index (χ1) is 15.1. The molecular weight excluding hydrogens is 424 g/mol. The minimum absolute atomic E-state index is 0. The first-order valence-corrected chi connectivity index (χ1v) is 11.9. The summed E-state index contributed by atoms with van der Waals surface area (Å²) in [6.45, 7) is 4.41. The Balaban J connectivity index is 0.00000216. The van der Waals surface area contributed by atoms with Gasteiger partial charge >= 0.3 is 0 Å². The van der Waals surface area contributed by atoms with Gasteiger partial charge in [-0.3, -0.25) is 14.7 Å². The summed E-state index contributed by atoms with van der Waals surface area (Å²) in [5, 5.41) is 4.55. The molecule has 0 spiro atoms. The molecule has 1 saturated heterocycles. The molecule has 5 aliphatic rings. The molecule has 4 aliphatic carbocycles. The molecule has 0 radical (unpaired) electrons. The lowest BCUT2D eigenvalue weighted by molar-refractivity contribution is -0.147. The van der Waals surface area contributed by atoms with Gasteiger partial charge in [-0.05, 0) is 67.9 Å². The molecule has 172 valence electrons. The molecule has 2 atom stereocenters. The van der Waals surface area contributed by atoms with Gasteiger partial charge in [-0.25, -0.2) is 9.67 Å². The number of amides is 1. The van der Waals surface area contributed by atoms with Crippen molar-refractivity contribution >= 4 is 18.3 Å². The molecule has 32 heavy (non-hydrogen) atoms. The molecule has 2 aromatic heterocycles. The minimum Gasteiger partial charge on any atom is -0.340 e. The van der Waals surface area contributed by atoms with E-state index in [4.69, 9.17) is 0 Å². The van der Waals surface area contributed by atoms with Gasteiger partial charge < -0.3 is 4.90 Å². The number of piperazine rings is 1. The molecule has 1 amide bonds. The lowest BCUT2D eigenvalue weighted by Crippen LogP contribution is -2.58. The molecule has 3 heterocycles. The van der Waals surface area contributed by atoms with Crippen molar-refractivity contribution in [3.8, 4) is 0 Å². The SMILES string of the molecule is Cl.O=C(CC12CC3CC(C1)CC(n1cncn1)(C3)C2)N1CCN(Cc2ccccn2)CC1. The molecule has 0 N–H and O–H groups in total. The van der Waals surface area contributed by atoms with Crippen molar-refractivity contribution in [3.63, 3.8) is 0 Å². The molecular formula is C24H33ClN6O. The van der Waals surface area contributed by atoms with Gasteiger partial charge in [-0.15, -0.1) is 12.4 Å². The van der Waals surface area contributed by atoms with E-state index in [0.29, 0.717) is 5.91 Å². The highest BCUT2D eigenvalue weighted by Crippen LogP contribution is 2.65. The zero-order chi connectivity index (χ0) is 20.9. The predicted molar refractivity (Wildman–Crippen MR) is 123 cm³/mol. The van der Waals surface area contributed by atoms with Gasteiger partial charge in [0.25, 0.3) is 0 Å². The van der Waals surface area contributed by atoms with Crippen LogP contribution in [0.1, 0.15) is 50.6 Å². The fourth-order valence-electron chi connectivity index (χ4n) is 7.64. The van der Waals surface area contributed by atoms with Crippen molar-refractivity contribution in [1.29, 1.82) is 0 Å². The van der Waals surface area contributed by atoms with Gasteiger partial charge in [0.2, 0.25) is 5.91 Å². The maximum absolute atomic E-state index is 13.4. The van der Waals surface area contributed by atoms with Crippen LogP contribution in [0.4, 0.5) is 0 Å². The van der Waals surface area contributed by atoms with Crippen molar-refractivity contribution in [1.82, 2.24) is 29.5 Å². The average molecular weight is 457 g/mol. The Morgan fingerprint density at radius 1 is 1.06 bits per heavy atom. The van der Waals surface area contributed by atoms with Crippen LogP contribution in [0.3, 0.4) is 0 Å². The monoisotopic (exact) mass is 456 g/mol. The van der Waals surface area contributed by atoms with Crippen LogP contribution in [0.2, 0.25) is 0 Å². The second-order valence-electron chi connectivity index (χ2n) is 10.7. The van der Waals surface area contributed by atoms with E-state index in [2.05, 4.69) is 35.6 Å². The van der Waals surface area contributed by atoms with Crippen LogP contribution in [-0.2, 0) is 16.9 Å². The average Bonchev–Trinajstić information content (AvgIpc) is 3.30. The topological polar surface area (TPSA) is 67.2 Å². The second-order valence-corrected chi connectivity index (χ2v) is 10.7. The molecule has 8 heteroatoms. The van der Waals surface area contributed by atoms with E-state index >= 15 is 0 Å². The highest BCUT2D eigenvalue weighted by atomic mass is 35.5. The van der Waals surface area contributed by atoms with Crippen LogP contribution in [0.5, 0.6) is 0 Å². The first kappa shape index (κ1) is 21.8. The number of carbonyl (C=O) groups excluding carboxylic acids is 1. The van der Waals surface area contributed by atoms with Gasteiger partial charge in [0, 0.05) is 45.3 Å². The first-order valence-electron chi connectivity index (χ1n) is 11.9. The molecule has 5 fully saturated rings. The molecule has 2 aromatic rings. The van der Waals surface area contributed by atoms with E-state index in [-0.39, 0.29) is 23.4 Å². The van der Waals surface area contributed by atoms with Crippen LogP contribution in [0.15, 0.2) is 37.1 Å². The van der Waals surface area contributed by atoms with Gasteiger partial charge in [-0.1, -0.05) is 6.07 Å². The van der Waals surface area contributed by atoms with E-state index in [1.807, 2.05) is 24.7 Å². The van der Waals surface area contributed by atoms with E-state index in [0.717, 1.165) is 63.1 Å². The zero-order valence-corrected chi connectivity index (χ0v) is 19.4. The van der Waals surface area contributed by atoms with Gasteiger partial charge in [0.15, 0.2) is 0 Å². The maximum Gasteiger partial charge on any atom is 0.223 e. The molecule has 7 nitrogen and oxygen atoms in total. The van der Waals surface area contributed by atoms with Crippen LogP contribution >= 0.6 is 12.4 Å². The lowest BCUT2D eigenvalue weighted by Gasteiger charge is -2.62. The third kappa shape index (κ3) is 3.94. The summed E-state index contributed by atoms with van der Waals surface area (Å²) in [7, 11) is 0. The summed E-state index contributed by atoms with van der Waals surface area (Å²) in [5.41, 5.74) is 1.37. The van der Waals surface area contributed by atoms with Crippen LogP contribution in [-0.4, -0.2) is 61.6 Å². The number of aromatic nitrogens is 4. The van der Waals surface area contributed by atoms with E-state index in [9.17, 15) is 4.79 Å². The Bertz CT molecular complexity index is 913. The Morgan fingerprint density at radius 3 is 2.50 bits per heavy atom. The van der Waals surface area contributed by atoms with E-state index in [1.54, 1.807) is 6.33 Å². The van der Waals surface area contributed by atoms with E-state index in [1.165, 1.54) is 32.1 Å². The molecule has 2 unspecified atom stereocenters. The Morgan fingerprint density at radius 2 is 1.84 bits per heavy atom. The lowest BCUT2D eigenvalue weighted by atomic mass is 9.46. The molecule has 0 aromatic carbocycles.